The first-order valence-electron chi connectivity index (χ1n) is 4.81. The maximum Gasteiger partial charge on any atom is 0.0927 e. The Labute approximate surface area is 96.0 Å². The summed E-state index contributed by atoms with van der Waals surface area (Å²) in [5.41, 5.74) is 2.28. The fourth-order valence-corrected chi connectivity index (χ4v) is 1.44. The van der Waals surface area contributed by atoms with Crippen molar-refractivity contribution in [3.8, 4) is 6.07 Å². The molecule has 2 heteroatoms. The zero-order valence-corrected chi connectivity index (χ0v) is 9.97. The van der Waals surface area contributed by atoms with Gasteiger partial charge in [-0.25, -0.2) is 0 Å². The van der Waals surface area contributed by atoms with Crippen LogP contribution in [0.25, 0.3) is 5.03 Å². The highest BCUT2D eigenvalue weighted by atomic mass is 35.5. The van der Waals surface area contributed by atoms with Crippen LogP contribution in [0.15, 0.2) is 30.3 Å². The second kappa shape index (κ2) is 4.51. The van der Waals surface area contributed by atoms with Crippen LogP contribution in [0.3, 0.4) is 0 Å². The highest BCUT2D eigenvalue weighted by molar-refractivity contribution is 6.48. The number of nitrogens with zero attached hydrogens (tertiary/aromatic N) is 1. The predicted molar refractivity (Wildman–Crippen MR) is 64.6 cm³/mol. The first-order valence-corrected chi connectivity index (χ1v) is 5.19. The van der Waals surface area contributed by atoms with Crippen molar-refractivity contribution in [3.63, 3.8) is 0 Å². The fraction of sp³-hybridized carbons (Fsp3) is 0.308. The first kappa shape index (κ1) is 11.8. The van der Waals surface area contributed by atoms with Crippen LogP contribution in [0.2, 0.25) is 0 Å². The molecule has 0 aromatic heterocycles. The molecule has 1 aromatic carbocycles. The lowest BCUT2D eigenvalue weighted by molar-refractivity contribution is 0.590. The third-order valence-electron chi connectivity index (χ3n) is 2.22. The Hall–Kier alpha value is -1.26. The molecule has 0 aliphatic heterocycles. The summed E-state index contributed by atoms with van der Waals surface area (Å²) in [6.07, 6.45) is 1.34. The Balaban J connectivity index is 3.02. The number of hydrogen-bond donors (Lipinski definition) is 0. The summed E-state index contributed by atoms with van der Waals surface area (Å²) >= 11 is 5.91. The minimum absolute atomic E-state index is 0.143. The molecular weight excluding hydrogens is 206 g/mol. The highest BCUT2D eigenvalue weighted by Gasteiger charge is 2.12. The molecule has 0 N–H and O–H groups in total. The molecule has 0 atom stereocenters. The quantitative estimate of drug-likeness (QED) is 0.653. The molecular formula is C13H14ClN. The van der Waals surface area contributed by atoms with Crippen molar-refractivity contribution in [1.82, 2.24) is 0 Å². The summed E-state index contributed by atoms with van der Waals surface area (Å²) in [6.45, 7) is 6.48. The van der Waals surface area contributed by atoms with E-state index < -0.39 is 0 Å². The Morgan fingerprint density at radius 1 is 1.27 bits per heavy atom. The Morgan fingerprint density at radius 3 is 2.20 bits per heavy atom. The number of nitriles is 1. The van der Waals surface area contributed by atoms with Crippen LogP contribution in [0, 0.1) is 11.3 Å². The van der Waals surface area contributed by atoms with Crippen LogP contribution in [-0.2, 0) is 5.41 Å². The zero-order chi connectivity index (χ0) is 11.5. The summed E-state index contributed by atoms with van der Waals surface area (Å²) < 4.78 is 0. The topological polar surface area (TPSA) is 23.8 Å². The highest BCUT2D eigenvalue weighted by Crippen LogP contribution is 2.25. The lowest BCUT2D eigenvalue weighted by atomic mass is 9.87. The van der Waals surface area contributed by atoms with Gasteiger partial charge in [0.25, 0.3) is 0 Å². The smallest absolute Gasteiger partial charge is 0.0927 e. The largest absolute Gasteiger partial charge is 0.193 e. The van der Waals surface area contributed by atoms with Crippen molar-refractivity contribution in [2.24, 2.45) is 0 Å². The summed E-state index contributed by atoms with van der Waals surface area (Å²) in [7, 11) is 0. The van der Waals surface area contributed by atoms with E-state index in [0.29, 0.717) is 5.03 Å². The van der Waals surface area contributed by atoms with E-state index in [1.807, 2.05) is 30.3 Å². The van der Waals surface area contributed by atoms with Gasteiger partial charge in [-0.1, -0.05) is 56.6 Å². The Bertz CT molecular complexity index is 402. The number of halogens is 1. The van der Waals surface area contributed by atoms with Gasteiger partial charge in [0.05, 0.1) is 11.1 Å². The van der Waals surface area contributed by atoms with Gasteiger partial charge in [0.15, 0.2) is 0 Å². The van der Waals surface area contributed by atoms with E-state index in [1.54, 1.807) is 0 Å². The van der Waals surface area contributed by atoms with Crippen molar-refractivity contribution in [2.45, 2.75) is 26.2 Å². The Morgan fingerprint density at radius 2 is 1.80 bits per heavy atom. The van der Waals surface area contributed by atoms with Crippen molar-refractivity contribution < 1.29 is 0 Å². The molecule has 1 rings (SSSR count). The normalized spacial score (nSPS) is 12.3. The molecule has 0 saturated heterocycles. The van der Waals surface area contributed by atoms with Crippen molar-refractivity contribution in [3.05, 3.63) is 41.5 Å². The van der Waals surface area contributed by atoms with E-state index in [9.17, 15) is 0 Å². The molecule has 0 aliphatic rings. The van der Waals surface area contributed by atoms with Gasteiger partial charge >= 0.3 is 0 Å². The zero-order valence-electron chi connectivity index (χ0n) is 9.21. The Kier molecular flexibility index (Phi) is 3.55. The lowest BCUT2D eigenvalue weighted by Gasteiger charge is -2.18. The van der Waals surface area contributed by atoms with E-state index in [1.165, 1.54) is 11.6 Å². The van der Waals surface area contributed by atoms with Gasteiger partial charge < -0.3 is 0 Å². The third kappa shape index (κ3) is 3.11. The van der Waals surface area contributed by atoms with E-state index in [0.717, 1.165) is 5.56 Å². The van der Waals surface area contributed by atoms with Crippen LogP contribution in [-0.4, -0.2) is 0 Å². The maximum atomic E-state index is 8.47. The molecule has 0 heterocycles. The molecule has 0 aliphatic carbocycles. The molecule has 0 radical (unpaired) electrons. The van der Waals surface area contributed by atoms with E-state index in [-0.39, 0.29) is 5.41 Å². The van der Waals surface area contributed by atoms with Crippen LogP contribution in [0.1, 0.15) is 31.9 Å². The molecule has 1 aromatic rings. The van der Waals surface area contributed by atoms with E-state index in [2.05, 4.69) is 20.8 Å². The van der Waals surface area contributed by atoms with Crippen molar-refractivity contribution >= 4 is 16.6 Å². The number of hydrogen-bond acceptors (Lipinski definition) is 1. The van der Waals surface area contributed by atoms with Gasteiger partial charge in [0, 0.05) is 6.08 Å². The first-order chi connectivity index (χ1) is 6.95. The fourth-order valence-electron chi connectivity index (χ4n) is 1.27. The molecule has 0 unspecified atom stereocenters. The average Bonchev–Trinajstić information content (AvgIpc) is 2.17. The second-order valence-corrected chi connectivity index (χ2v) is 4.86. The molecule has 15 heavy (non-hydrogen) atoms. The number of rotatable bonds is 1. The third-order valence-corrected chi connectivity index (χ3v) is 2.55. The van der Waals surface area contributed by atoms with Gasteiger partial charge in [-0.15, -0.1) is 0 Å². The predicted octanol–water partition coefficient (Wildman–Crippen LogP) is 4.09. The SMILES string of the molecule is CC(C)(C)c1ccc(/C(Cl)=C/C#N)cc1. The molecule has 0 amide bonds. The molecule has 0 bridgehead atoms. The minimum Gasteiger partial charge on any atom is -0.193 e. The van der Waals surface area contributed by atoms with E-state index >= 15 is 0 Å². The second-order valence-electron chi connectivity index (χ2n) is 4.45. The van der Waals surface area contributed by atoms with Crippen molar-refractivity contribution in [1.29, 1.82) is 5.26 Å². The van der Waals surface area contributed by atoms with Gasteiger partial charge in [-0.3, -0.25) is 0 Å². The minimum atomic E-state index is 0.143. The van der Waals surface area contributed by atoms with Crippen LogP contribution >= 0.6 is 11.6 Å². The summed E-state index contributed by atoms with van der Waals surface area (Å²) in [6, 6.07) is 9.89. The lowest BCUT2D eigenvalue weighted by Crippen LogP contribution is -2.10. The molecule has 0 spiro atoms. The molecule has 78 valence electrons. The summed E-state index contributed by atoms with van der Waals surface area (Å²) in [5.74, 6) is 0. The molecule has 1 nitrogen and oxygen atoms in total. The summed E-state index contributed by atoms with van der Waals surface area (Å²) in [5, 5.41) is 8.96. The van der Waals surface area contributed by atoms with Gasteiger partial charge in [-0.2, -0.15) is 5.26 Å². The molecule has 0 fully saturated rings. The summed E-state index contributed by atoms with van der Waals surface area (Å²) in [4.78, 5) is 0. The standard InChI is InChI=1S/C13H14ClN/c1-13(2,3)11-6-4-10(5-7-11)12(14)8-9-15/h4-8H,1-3H3/b12-8-. The average molecular weight is 220 g/mol. The van der Waals surface area contributed by atoms with Gasteiger partial charge in [0.2, 0.25) is 0 Å². The van der Waals surface area contributed by atoms with Crippen molar-refractivity contribution in [2.75, 3.05) is 0 Å². The van der Waals surface area contributed by atoms with Crippen LogP contribution in [0.4, 0.5) is 0 Å². The number of allylic oxidation sites excluding steroid dienone is 1. The maximum absolute atomic E-state index is 8.47. The van der Waals surface area contributed by atoms with Gasteiger partial charge in [0.1, 0.15) is 0 Å². The van der Waals surface area contributed by atoms with Crippen LogP contribution < -0.4 is 0 Å². The van der Waals surface area contributed by atoms with Gasteiger partial charge in [-0.05, 0) is 16.5 Å². The molecule has 0 saturated carbocycles. The number of benzene rings is 1. The monoisotopic (exact) mass is 219 g/mol. The van der Waals surface area contributed by atoms with Crippen LogP contribution in [0.5, 0.6) is 0 Å². The van der Waals surface area contributed by atoms with E-state index in [4.69, 9.17) is 16.9 Å².